The van der Waals surface area contributed by atoms with Gasteiger partial charge in [-0.05, 0) is 80.0 Å². The number of Topliss-reactive ketones (excluding diaryl/α,β-unsaturated/α-hetero) is 1. The minimum Gasteiger partial charge on any atom is -0.326 e. The van der Waals surface area contributed by atoms with E-state index in [1.165, 1.54) is 34.0 Å². The predicted molar refractivity (Wildman–Crippen MR) is 124 cm³/mol. The summed E-state index contributed by atoms with van der Waals surface area (Å²) in [5.74, 6) is -0.292. The number of piperidine rings is 1. The molecule has 170 valence electrons. The zero-order chi connectivity index (χ0) is 22.6. The van der Waals surface area contributed by atoms with E-state index in [-0.39, 0.29) is 29.4 Å². The molecule has 2 aromatic rings. The second-order valence-corrected chi connectivity index (χ2v) is 10.6. The molecule has 1 fully saturated rings. The summed E-state index contributed by atoms with van der Waals surface area (Å²) in [5, 5.41) is 2.76. The third-order valence-corrected chi connectivity index (χ3v) is 8.25. The van der Waals surface area contributed by atoms with Crippen LogP contribution in [0.3, 0.4) is 0 Å². The van der Waals surface area contributed by atoms with Gasteiger partial charge < -0.3 is 5.32 Å². The van der Waals surface area contributed by atoms with Crippen molar-refractivity contribution >= 4 is 27.4 Å². The van der Waals surface area contributed by atoms with Gasteiger partial charge in [-0.3, -0.25) is 9.59 Å². The Labute approximate surface area is 190 Å². The Balaban J connectivity index is 1.31. The molecule has 0 radical (unpaired) electrons. The minimum absolute atomic E-state index is 0.0310. The third-order valence-electron chi connectivity index (χ3n) is 6.34. The summed E-state index contributed by atoms with van der Waals surface area (Å²) < 4.78 is 27.0. The summed E-state index contributed by atoms with van der Waals surface area (Å²) in [6.45, 7) is 1.11. The van der Waals surface area contributed by atoms with E-state index in [2.05, 4.69) is 5.32 Å². The van der Waals surface area contributed by atoms with Crippen molar-refractivity contribution in [3.05, 3.63) is 59.2 Å². The van der Waals surface area contributed by atoms with Crippen molar-refractivity contribution in [1.82, 2.24) is 4.31 Å². The molecule has 1 saturated heterocycles. The summed E-state index contributed by atoms with van der Waals surface area (Å²) in [6.07, 6.45) is 7.51. The Morgan fingerprint density at radius 2 is 1.50 bits per heavy atom. The zero-order valence-electron chi connectivity index (χ0n) is 18.3. The smallest absolute Gasteiger partial charge is 0.243 e. The Morgan fingerprint density at radius 3 is 2.22 bits per heavy atom. The summed E-state index contributed by atoms with van der Waals surface area (Å²) in [4.78, 5) is 25.1. The van der Waals surface area contributed by atoms with Gasteiger partial charge in [0.1, 0.15) is 0 Å². The van der Waals surface area contributed by atoms with E-state index < -0.39 is 10.0 Å². The second kappa shape index (κ2) is 9.96. The fourth-order valence-corrected chi connectivity index (χ4v) is 5.98. The van der Waals surface area contributed by atoms with Gasteiger partial charge in [-0.15, -0.1) is 0 Å². The molecule has 1 amide bonds. The first-order valence-electron chi connectivity index (χ1n) is 11.5. The average molecular weight is 455 g/mol. The molecule has 0 saturated carbocycles. The largest absolute Gasteiger partial charge is 0.326 e. The van der Waals surface area contributed by atoms with Crippen LogP contribution in [0.4, 0.5) is 5.69 Å². The Morgan fingerprint density at radius 1 is 0.812 bits per heavy atom. The molecular formula is C25H30N2O4S. The molecule has 1 heterocycles. The number of amides is 1. The fourth-order valence-electron chi connectivity index (χ4n) is 4.47. The van der Waals surface area contributed by atoms with Crippen molar-refractivity contribution in [3.8, 4) is 0 Å². The third kappa shape index (κ3) is 5.27. The van der Waals surface area contributed by atoms with Gasteiger partial charge in [-0.1, -0.05) is 18.6 Å². The minimum atomic E-state index is -3.49. The van der Waals surface area contributed by atoms with Gasteiger partial charge in [0.25, 0.3) is 0 Å². The van der Waals surface area contributed by atoms with Crippen LogP contribution >= 0.6 is 0 Å². The number of benzene rings is 2. The van der Waals surface area contributed by atoms with Crippen molar-refractivity contribution in [2.75, 3.05) is 18.4 Å². The number of fused-ring (bicyclic) bond motifs is 1. The summed E-state index contributed by atoms with van der Waals surface area (Å²) in [7, 11) is -3.49. The van der Waals surface area contributed by atoms with E-state index in [4.69, 9.17) is 0 Å². The summed E-state index contributed by atoms with van der Waals surface area (Å²) in [6, 6.07) is 12.1. The Bertz CT molecular complexity index is 1090. The number of aryl methyl sites for hydroxylation is 2. The normalized spacial score (nSPS) is 16.9. The first-order chi connectivity index (χ1) is 15.4. The maximum atomic E-state index is 12.7. The van der Waals surface area contributed by atoms with Gasteiger partial charge in [0.05, 0.1) is 4.90 Å². The molecule has 0 aromatic heterocycles. The maximum Gasteiger partial charge on any atom is 0.243 e. The van der Waals surface area contributed by atoms with Crippen LogP contribution in [0.1, 0.15) is 66.4 Å². The van der Waals surface area contributed by atoms with Crippen LogP contribution in [0.15, 0.2) is 47.4 Å². The molecule has 4 rings (SSSR count). The van der Waals surface area contributed by atoms with Crippen molar-refractivity contribution in [2.45, 2.75) is 62.7 Å². The average Bonchev–Trinajstić information content (AvgIpc) is 2.83. The van der Waals surface area contributed by atoms with Crippen LogP contribution in [0.2, 0.25) is 0 Å². The number of ketones is 1. The highest BCUT2D eigenvalue weighted by molar-refractivity contribution is 7.89. The number of carbonyl (C=O) groups is 2. The number of anilines is 1. The van der Waals surface area contributed by atoms with Crippen LogP contribution in [0.5, 0.6) is 0 Å². The monoisotopic (exact) mass is 454 g/mol. The van der Waals surface area contributed by atoms with Gasteiger partial charge in [0.2, 0.25) is 15.9 Å². The quantitative estimate of drug-likeness (QED) is 0.631. The van der Waals surface area contributed by atoms with Crippen LogP contribution in [0, 0.1) is 0 Å². The van der Waals surface area contributed by atoms with E-state index in [1.54, 1.807) is 12.1 Å². The van der Waals surface area contributed by atoms with Crippen LogP contribution in [0.25, 0.3) is 0 Å². The molecule has 0 bridgehead atoms. The van der Waals surface area contributed by atoms with Crippen LogP contribution in [-0.2, 0) is 27.7 Å². The number of nitrogens with zero attached hydrogens (tertiary/aromatic N) is 1. The molecule has 2 aliphatic rings. The molecule has 1 aliphatic heterocycles. The predicted octanol–water partition coefficient (Wildman–Crippen LogP) is 4.34. The lowest BCUT2D eigenvalue weighted by atomic mass is 9.89. The van der Waals surface area contributed by atoms with Crippen LogP contribution in [-0.4, -0.2) is 37.5 Å². The molecule has 0 spiro atoms. The van der Waals surface area contributed by atoms with Crippen molar-refractivity contribution in [2.24, 2.45) is 0 Å². The number of rotatable bonds is 7. The van der Waals surface area contributed by atoms with Gasteiger partial charge in [-0.25, -0.2) is 8.42 Å². The molecule has 1 N–H and O–H groups in total. The first-order valence-corrected chi connectivity index (χ1v) is 12.9. The van der Waals surface area contributed by atoms with Crippen molar-refractivity contribution < 1.29 is 18.0 Å². The summed E-state index contributed by atoms with van der Waals surface area (Å²) >= 11 is 0. The van der Waals surface area contributed by atoms with E-state index in [0.717, 1.165) is 38.5 Å². The Kier molecular flexibility index (Phi) is 7.06. The summed E-state index contributed by atoms with van der Waals surface area (Å²) in [5.41, 5.74) is 3.78. The van der Waals surface area contributed by atoms with Gasteiger partial charge in [0, 0.05) is 37.2 Å². The molecule has 6 nitrogen and oxygen atoms in total. The van der Waals surface area contributed by atoms with Crippen LogP contribution < -0.4 is 5.32 Å². The van der Waals surface area contributed by atoms with E-state index in [0.29, 0.717) is 24.3 Å². The van der Waals surface area contributed by atoms with E-state index >= 15 is 0 Å². The molecule has 7 heteroatoms. The molecule has 2 aromatic carbocycles. The van der Waals surface area contributed by atoms with Gasteiger partial charge >= 0.3 is 0 Å². The number of hydrogen-bond acceptors (Lipinski definition) is 4. The lowest BCUT2D eigenvalue weighted by Gasteiger charge is -2.25. The van der Waals surface area contributed by atoms with E-state index in [9.17, 15) is 18.0 Å². The number of sulfonamides is 1. The zero-order valence-corrected chi connectivity index (χ0v) is 19.1. The van der Waals surface area contributed by atoms with Gasteiger partial charge in [-0.2, -0.15) is 4.31 Å². The molecule has 0 unspecified atom stereocenters. The highest BCUT2D eigenvalue weighted by atomic mass is 32.2. The number of nitrogens with one attached hydrogen (secondary N) is 1. The lowest BCUT2D eigenvalue weighted by Crippen LogP contribution is -2.35. The molecule has 0 atom stereocenters. The lowest BCUT2D eigenvalue weighted by molar-refractivity contribution is -0.116. The van der Waals surface area contributed by atoms with E-state index in [1.807, 2.05) is 18.2 Å². The number of hydrogen-bond donors (Lipinski definition) is 1. The molecule has 32 heavy (non-hydrogen) atoms. The maximum absolute atomic E-state index is 12.7. The first kappa shape index (κ1) is 22.7. The Hall–Kier alpha value is -2.51. The molecule has 1 aliphatic carbocycles. The highest BCUT2D eigenvalue weighted by Crippen LogP contribution is 2.24. The van der Waals surface area contributed by atoms with Crippen molar-refractivity contribution in [1.29, 1.82) is 0 Å². The van der Waals surface area contributed by atoms with Gasteiger partial charge in [0.15, 0.2) is 5.78 Å². The molecular weight excluding hydrogens is 424 g/mol. The topological polar surface area (TPSA) is 83.5 Å². The standard InChI is InChI=1S/C25H30N2O4S/c28-24(21-9-8-19-6-2-3-7-20(19)18-21)14-15-25(29)26-22-10-12-23(13-11-22)32(30,31)27-16-4-1-5-17-27/h8-13,18H,1-7,14-17H2,(H,26,29). The SMILES string of the molecule is O=C(CCC(=O)c1ccc2c(c1)CCCC2)Nc1ccc(S(=O)(=O)N2CCCCC2)cc1. The second-order valence-electron chi connectivity index (χ2n) is 8.65. The number of carbonyl (C=O) groups excluding carboxylic acids is 2. The van der Waals surface area contributed by atoms with Crippen molar-refractivity contribution in [3.63, 3.8) is 0 Å². The fraction of sp³-hybridized carbons (Fsp3) is 0.440. The highest BCUT2D eigenvalue weighted by Gasteiger charge is 2.25.